The van der Waals surface area contributed by atoms with Crippen LogP contribution in [-0.4, -0.2) is 27.0 Å². The van der Waals surface area contributed by atoms with Crippen LogP contribution in [0.5, 0.6) is 0 Å². The van der Waals surface area contributed by atoms with E-state index in [1.165, 1.54) is 12.1 Å². The van der Waals surface area contributed by atoms with Crippen LogP contribution in [0.3, 0.4) is 0 Å². The SMILES string of the molecule is O=C(NCCCc1nnc2ccccn12)c1ccccc1F. The number of carbonyl (C=O) groups excluding carboxylic acids is 1. The second-order valence-corrected chi connectivity index (χ2v) is 4.88. The van der Waals surface area contributed by atoms with E-state index in [0.29, 0.717) is 19.4 Å². The summed E-state index contributed by atoms with van der Waals surface area (Å²) in [5.41, 5.74) is 0.864. The Balaban J connectivity index is 1.54. The van der Waals surface area contributed by atoms with Crippen LogP contribution in [-0.2, 0) is 6.42 Å². The van der Waals surface area contributed by atoms with Crippen molar-refractivity contribution in [1.82, 2.24) is 19.9 Å². The third-order valence-corrected chi connectivity index (χ3v) is 3.37. The number of hydrogen-bond donors (Lipinski definition) is 1. The molecule has 0 unspecified atom stereocenters. The number of nitrogens with zero attached hydrogens (tertiary/aromatic N) is 3. The molecule has 6 heteroatoms. The van der Waals surface area contributed by atoms with E-state index in [9.17, 15) is 9.18 Å². The number of aromatic nitrogens is 3. The molecule has 0 saturated heterocycles. The molecule has 1 amide bonds. The lowest BCUT2D eigenvalue weighted by molar-refractivity contribution is 0.0949. The van der Waals surface area contributed by atoms with Crippen LogP contribution in [0.1, 0.15) is 22.6 Å². The highest BCUT2D eigenvalue weighted by Gasteiger charge is 2.10. The average molecular weight is 298 g/mol. The topological polar surface area (TPSA) is 59.3 Å². The molecule has 0 aliphatic rings. The minimum Gasteiger partial charge on any atom is -0.352 e. The van der Waals surface area contributed by atoms with Crippen LogP contribution in [0.25, 0.3) is 5.65 Å². The van der Waals surface area contributed by atoms with Crippen molar-refractivity contribution in [2.24, 2.45) is 0 Å². The van der Waals surface area contributed by atoms with E-state index in [2.05, 4.69) is 15.5 Å². The largest absolute Gasteiger partial charge is 0.352 e. The molecule has 5 nitrogen and oxygen atoms in total. The minimum atomic E-state index is -0.511. The molecule has 0 fully saturated rings. The highest BCUT2D eigenvalue weighted by Crippen LogP contribution is 2.07. The molecule has 2 aromatic heterocycles. The first-order valence-corrected chi connectivity index (χ1v) is 7.07. The van der Waals surface area contributed by atoms with Gasteiger partial charge < -0.3 is 5.32 Å². The van der Waals surface area contributed by atoms with Gasteiger partial charge in [0.15, 0.2) is 5.65 Å². The third-order valence-electron chi connectivity index (χ3n) is 3.37. The maximum absolute atomic E-state index is 13.5. The Morgan fingerprint density at radius 3 is 2.82 bits per heavy atom. The maximum Gasteiger partial charge on any atom is 0.254 e. The first-order chi connectivity index (χ1) is 10.8. The van der Waals surface area contributed by atoms with Gasteiger partial charge in [0, 0.05) is 19.2 Å². The van der Waals surface area contributed by atoms with Crippen molar-refractivity contribution in [3.05, 3.63) is 65.9 Å². The van der Waals surface area contributed by atoms with Crippen LogP contribution >= 0.6 is 0 Å². The zero-order valence-corrected chi connectivity index (χ0v) is 11.9. The van der Waals surface area contributed by atoms with E-state index >= 15 is 0 Å². The van der Waals surface area contributed by atoms with Crippen LogP contribution in [0.2, 0.25) is 0 Å². The van der Waals surface area contributed by atoms with Gasteiger partial charge in [-0.1, -0.05) is 18.2 Å². The predicted octanol–water partition coefficient (Wildman–Crippen LogP) is 2.23. The number of pyridine rings is 1. The fourth-order valence-corrected chi connectivity index (χ4v) is 2.25. The molecule has 0 atom stereocenters. The van der Waals surface area contributed by atoms with E-state index in [4.69, 9.17) is 0 Å². The van der Waals surface area contributed by atoms with E-state index < -0.39 is 11.7 Å². The number of benzene rings is 1. The molecule has 22 heavy (non-hydrogen) atoms. The molecule has 0 spiro atoms. The standard InChI is InChI=1S/C16H15FN4O/c17-13-7-2-1-6-12(13)16(22)18-10-5-9-15-20-19-14-8-3-4-11-21(14)15/h1-4,6-8,11H,5,9-10H2,(H,18,22). The van der Waals surface area contributed by atoms with Gasteiger partial charge in [0.1, 0.15) is 11.6 Å². The smallest absolute Gasteiger partial charge is 0.254 e. The Morgan fingerprint density at radius 2 is 1.95 bits per heavy atom. The van der Waals surface area contributed by atoms with Crippen LogP contribution in [0.15, 0.2) is 48.7 Å². The second kappa shape index (κ2) is 6.34. The van der Waals surface area contributed by atoms with Crippen LogP contribution in [0.4, 0.5) is 4.39 Å². The number of aryl methyl sites for hydroxylation is 1. The number of rotatable bonds is 5. The zero-order valence-electron chi connectivity index (χ0n) is 11.9. The van der Waals surface area contributed by atoms with Crippen LogP contribution < -0.4 is 5.32 Å². The van der Waals surface area contributed by atoms with Crippen molar-refractivity contribution in [2.45, 2.75) is 12.8 Å². The number of carbonyl (C=O) groups is 1. The maximum atomic E-state index is 13.5. The number of amides is 1. The monoisotopic (exact) mass is 298 g/mol. The van der Waals surface area contributed by atoms with Crippen molar-refractivity contribution < 1.29 is 9.18 Å². The molecule has 3 aromatic rings. The summed E-state index contributed by atoms with van der Waals surface area (Å²) in [4.78, 5) is 11.9. The number of hydrogen-bond acceptors (Lipinski definition) is 3. The van der Waals surface area contributed by atoms with Gasteiger partial charge in [0.05, 0.1) is 5.56 Å². The first-order valence-electron chi connectivity index (χ1n) is 7.07. The fraction of sp³-hybridized carbons (Fsp3) is 0.188. The molecule has 0 bridgehead atoms. The summed E-state index contributed by atoms with van der Waals surface area (Å²) in [6, 6.07) is 11.6. The van der Waals surface area contributed by atoms with Gasteiger partial charge in [-0.05, 0) is 30.7 Å². The Hall–Kier alpha value is -2.76. The van der Waals surface area contributed by atoms with E-state index in [-0.39, 0.29) is 5.56 Å². The molecular formula is C16H15FN4O. The van der Waals surface area contributed by atoms with Crippen molar-refractivity contribution in [1.29, 1.82) is 0 Å². The lowest BCUT2D eigenvalue weighted by Gasteiger charge is -2.05. The van der Waals surface area contributed by atoms with E-state index in [1.807, 2.05) is 28.8 Å². The molecule has 0 aliphatic heterocycles. The quantitative estimate of drug-likeness (QED) is 0.735. The van der Waals surface area contributed by atoms with E-state index in [1.54, 1.807) is 12.1 Å². The highest BCUT2D eigenvalue weighted by atomic mass is 19.1. The Kier molecular flexibility index (Phi) is 4.09. The number of nitrogens with one attached hydrogen (secondary N) is 1. The molecule has 3 rings (SSSR count). The Labute approximate surface area is 126 Å². The third kappa shape index (κ3) is 2.95. The van der Waals surface area contributed by atoms with Crippen molar-refractivity contribution in [3.8, 4) is 0 Å². The Morgan fingerprint density at radius 1 is 1.14 bits per heavy atom. The highest BCUT2D eigenvalue weighted by molar-refractivity contribution is 5.94. The average Bonchev–Trinajstić information content (AvgIpc) is 2.95. The van der Waals surface area contributed by atoms with Gasteiger partial charge in [-0.25, -0.2) is 4.39 Å². The summed E-state index contributed by atoms with van der Waals surface area (Å²) < 4.78 is 15.4. The summed E-state index contributed by atoms with van der Waals surface area (Å²) in [5.74, 6) is -0.0663. The van der Waals surface area contributed by atoms with Crippen LogP contribution in [0, 0.1) is 5.82 Å². The summed E-state index contributed by atoms with van der Waals surface area (Å²) in [6.45, 7) is 0.453. The van der Waals surface area contributed by atoms with Crippen molar-refractivity contribution in [2.75, 3.05) is 6.54 Å². The normalized spacial score (nSPS) is 10.8. The molecule has 0 radical (unpaired) electrons. The predicted molar refractivity (Wildman–Crippen MR) is 80.0 cm³/mol. The first kappa shape index (κ1) is 14.2. The molecule has 0 aliphatic carbocycles. The van der Waals surface area contributed by atoms with Gasteiger partial charge in [-0.15, -0.1) is 10.2 Å². The van der Waals surface area contributed by atoms with Gasteiger partial charge in [0.25, 0.3) is 5.91 Å². The molecule has 1 N–H and O–H groups in total. The summed E-state index contributed by atoms with van der Waals surface area (Å²) in [5, 5.41) is 10.9. The molecule has 112 valence electrons. The van der Waals surface area contributed by atoms with Gasteiger partial charge in [-0.3, -0.25) is 9.20 Å². The van der Waals surface area contributed by atoms with Gasteiger partial charge >= 0.3 is 0 Å². The lowest BCUT2D eigenvalue weighted by atomic mass is 10.2. The van der Waals surface area contributed by atoms with Crippen molar-refractivity contribution in [3.63, 3.8) is 0 Å². The zero-order chi connectivity index (χ0) is 15.4. The molecule has 1 aromatic carbocycles. The summed E-state index contributed by atoms with van der Waals surface area (Å²) >= 11 is 0. The van der Waals surface area contributed by atoms with Crippen molar-refractivity contribution >= 4 is 11.6 Å². The molecular weight excluding hydrogens is 283 g/mol. The number of fused-ring (bicyclic) bond motifs is 1. The molecule has 2 heterocycles. The summed E-state index contributed by atoms with van der Waals surface area (Å²) in [7, 11) is 0. The summed E-state index contributed by atoms with van der Waals surface area (Å²) in [6.07, 6.45) is 3.29. The number of halogens is 1. The molecule has 0 saturated carbocycles. The van der Waals surface area contributed by atoms with E-state index in [0.717, 1.165) is 11.5 Å². The fourth-order valence-electron chi connectivity index (χ4n) is 2.25. The van der Waals surface area contributed by atoms with Gasteiger partial charge in [-0.2, -0.15) is 0 Å². The Bertz CT molecular complexity index is 799. The minimum absolute atomic E-state index is 0.0652. The lowest BCUT2D eigenvalue weighted by Crippen LogP contribution is -2.25. The van der Waals surface area contributed by atoms with Gasteiger partial charge in [0.2, 0.25) is 0 Å². The second-order valence-electron chi connectivity index (χ2n) is 4.88.